The molecular formula is C16H25N5. The Morgan fingerprint density at radius 1 is 1.19 bits per heavy atom. The normalized spacial score (nSPS) is 29.7. The molecular weight excluding hydrogens is 262 g/mol. The topological polar surface area (TPSA) is 44.3 Å². The summed E-state index contributed by atoms with van der Waals surface area (Å²) in [5.41, 5.74) is 1.19. The summed E-state index contributed by atoms with van der Waals surface area (Å²) < 4.78 is 0. The standard InChI is InChI=1S/C16H25N5/c1-12-10-20-6-2-3-15(20)11-21(12)16-18-8-13(9-19-16)7-17-14-4-5-14/h8-9,12,14-15,17H,2-7,10-11H2,1H3. The molecule has 3 aliphatic rings. The molecule has 5 nitrogen and oxygen atoms in total. The van der Waals surface area contributed by atoms with Crippen LogP contribution >= 0.6 is 0 Å². The third-order valence-corrected chi connectivity index (χ3v) is 5.06. The highest BCUT2D eigenvalue weighted by Crippen LogP contribution is 2.26. The van der Waals surface area contributed by atoms with Gasteiger partial charge in [-0.25, -0.2) is 9.97 Å². The Morgan fingerprint density at radius 2 is 2.00 bits per heavy atom. The Balaban J connectivity index is 1.42. The summed E-state index contributed by atoms with van der Waals surface area (Å²) in [7, 11) is 0. The minimum atomic E-state index is 0.509. The van der Waals surface area contributed by atoms with Crippen LogP contribution in [-0.4, -0.2) is 52.6 Å². The number of nitrogens with one attached hydrogen (secondary N) is 1. The molecule has 2 aliphatic heterocycles. The fourth-order valence-electron chi connectivity index (χ4n) is 3.60. The molecule has 114 valence electrons. The summed E-state index contributed by atoms with van der Waals surface area (Å²) in [6.07, 6.45) is 9.30. The largest absolute Gasteiger partial charge is 0.335 e. The Kier molecular flexibility index (Phi) is 3.55. The Bertz CT molecular complexity index is 484. The molecule has 1 saturated carbocycles. The molecule has 3 heterocycles. The lowest BCUT2D eigenvalue weighted by molar-refractivity contribution is 0.201. The molecule has 2 saturated heterocycles. The van der Waals surface area contributed by atoms with Gasteiger partial charge in [-0.1, -0.05) is 0 Å². The third-order valence-electron chi connectivity index (χ3n) is 5.06. The second-order valence-corrected chi connectivity index (χ2v) is 6.84. The maximum absolute atomic E-state index is 4.62. The van der Waals surface area contributed by atoms with Gasteiger partial charge in [0.05, 0.1) is 0 Å². The number of fused-ring (bicyclic) bond motifs is 1. The van der Waals surface area contributed by atoms with Gasteiger partial charge in [0, 0.05) is 55.7 Å². The van der Waals surface area contributed by atoms with Gasteiger partial charge >= 0.3 is 0 Å². The SMILES string of the molecule is CC1CN2CCCC2CN1c1ncc(CNC2CC2)cn1. The number of rotatable bonds is 4. The highest BCUT2D eigenvalue weighted by molar-refractivity contribution is 5.33. The van der Waals surface area contributed by atoms with Crippen LogP contribution in [-0.2, 0) is 6.54 Å². The molecule has 0 bridgehead atoms. The van der Waals surface area contributed by atoms with E-state index in [0.29, 0.717) is 12.1 Å². The molecule has 1 N–H and O–H groups in total. The third kappa shape index (κ3) is 2.90. The molecule has 3 fully saturated rings. The summed E-state index contributed by atoms with van der Waals surface area (Å²) in [5.74, 6) is 0.907. The molecule has 2 atom stereocenters. The van der Waals surface area contributed by atoms with E-state index in [9.17, 15) is 0 Å². The van der Waals surface area contributed by atoms with Crippen LogP contribution in [0, 0.1) is 0 Å². The molecule has 0 amide bonds. The van der Waals surface area contributed by atoms with Crippen molar-refractivity contribution in [1.82, 2.24) is 20.2 Å². The van der Waals surface area contributed by atoms with Gasteiger partial charge in [-0.15, -0.1) is 0 Å². The Hall–Kier alpha value is -1.20. The predicted octanol–water partition coefficient (Wildman–Crippen LogP) is 1.40. The maximum atomic E-state index is 4.62. The zero-order chi connectivity index (χ0) is 14.2. The Labute approximate surface area is 126 Å². The van der Waals surface area contributed by atoms with Gasteiger partial charge in [0.1, 0.15) is 0 Å². The van der Waals surface area contributed by atoms with Crippen molar-refractivity contribution in [3.8, 4) is 0 Å². The van der Waals surface area contributed by atoms with Crippen molar-refractivity contribution in [2.75, 3.05) is 24.5 Å². The first-order valence-electron chi connectivity index (χ1n) is 8.34. The number of hydrogen-bond acceptors (Lipinski definition) is 5. The van der Waals surface area contributed by atoms with Crippen molar-refractivity contribution in [3.05, 3.63) is 18.0 Å². The molecule has 1 aliphatic carbocycles. The maximum Gasteiger partial charge on any atom is 0.225 e. The van der Waals surface area contributed by atoms with Crippen LogP contribution in [0.25, 0.3) is 0 Å². The molecule has 21 heavy (non-hydrogen) atoms. The van der Waals surface area contributed by atoms with Crippen molar-refractivity contribution < 1.29 is 0 Å². The molecule has 0 spiro atoms. The van der Waals surface area contributed by atoms with E-state index in [0.717, 1.165) is 31.6 Å². The quantitative estimate of drug-likeness (QED) is 0.907. The van der Waals surface area contributed by atoms with Gasteiger partial charge in [-0.05, 0) is 39.2 Å². The van der Waals surface area contributed by atoms with E-state index in [-0.39, 0.29) is 0 Å². The van der Waals surface area contributed by atoms with Crippen molar-refractivity contribution in [3.63, 3.8) is 0 Å². The van der Waals surface area contributed by atoms with E-state index in [1.54, 1.807) is 0 Å². The van der Waals surface area contributed by atoms with Crippen LogP contribution < -0.4 is 10.2 Å². The smallest absolute Gasteiger partial charge is 0.225 e. The minimum Gasteiger partial charge on any atom is -0.335 e. The van der Waals surface area contributed by atoms with E-state index >= 15 is 0 Å². The molecule has 5 heteroatoms. The number of nitrogens with zero attached hydrogens (tertiary/aromatic N) is 4. The van der Waals surface area contributed by atoms with Crippen LogP contribution in [0.3, 0.4) is 0 Å². The van der Waals surface area contributed by atoms with Crippen molar-refractivity contribution in [2.24, 2.45) is 0 Å². The second kappa shape index (κ2) is 5.54. The van der Waals surface area contributed by atoms with Gasteiger partial charge in [-0.2, -0.15) is 0 Å². The molecule has 4 rings (SSSR count). The Morgan fingerprint density at radius 3 is 2.76 bits per heavy atom. The van der Waals surface area contributed by atoms with Crippen LogP contribution in [0.2, 0.25) is 0 Å². The summed E-state index contributed by atoms with van der Waals surface area (Å²) in [6.45, 7) is 6.70. The lowest BCUT2D eigenvalue weighted by Gasteiger charge is -2.42. The van der Waals surface area contributed by atoms with Gasteiger partial charge in [0.15, 0.2) is 0 Å². The molecule has 1 aromatic rings. The van der Waals surface area contributed by atoms with Gasteiger partial charge in [0.2, 0.25) is 5.95 Å². The highest BCUT2D eigenvalue weighted by atomic mass is 15.4. The van der Waals surface area contributed by atoms with Crippen LogP contribution in [0.5, 0.6) is 0 Å². The first kappa shape index (κ1) is 13.5. The average molecular weight is 287 g/mol. The molecule has 2 unspecified atom stereocenters. The van der Waals surface area contributed by atoms with Crippen molar-refractivity contribution in [1.29, 1.82) is 0 Å². The van der Waals surface area contributed by atoms with E-state index < -0.39 is 0 Å². The highest BCUT2D eigenvalue weighted by Gasteiger charge is 2.35. The van der Waals surface area contributed by atoms with Crippen molar-refractivity contribution in [2.45, 2.75) is 57.3 Å². The monoisotopic (exact) mass is 287 g/mol. The lowest BCUT2D eigenvalue weighted by Crippen LogP contribution is -2.55. The summed E-state index contributed by atoms with van der Waals surface area (Å²) in [4.78, 5) is 14.3. The summed E-state index contributed by atoms with van der Waals surface area (Å²) in [5, 5.41) is 3.51. The summed E-state index contributed by atoms with van der Waals surface area (Å²) >= 11 is 0. The van der Waals surface area contributed by atoms with E-state index in [2.05, 4.69) is 32.0 Å². The molecule has 0 aromatic carbocycles. The van der Waals surface area contributed by atoms with Crippen LogP contribution in [0.15, 0.2) is 12.4 Å². The van der Waals surface area contributed by atoms with E-state index in [4.69, 9.17) is 0 Å². The van der Waals surface area contributed by atoms with Gasteiger partial charge in [0.25, 0.3) is 0 Å². The number of aromatic nitrogens is 2. The zero-order valence-electron chi connectivity index (χ0n) is 12.8. The van der Waals surface area contributed by atoms with Gasteiger partial charge < -0.3 is 10.2 Å². The second-order valence-electron chi connectivity index (χ2n) is 6.84. The van der Waals surface area contributed by atoms with Crippen LogP contribution in [0.1, 0.15) is 38.2 Å². The molecule has 1 aromatic heterocycles. The van der Waals surface area contributed by atoms with E-state index in [1.807, 2.05) is 12.4 Å². The minimum absolute atomic E-state index is 0.509. The predicted molar refractivity (Wildman–Crippen MR) is 83.3 cm³/mol. The zero-order valence-corrected chi connectivity index (χ0v) is 12.8. The molecule has 0 radical (unpaired) electrons. The van der Waals surface area contributed by atoms with Crippen molar-refractivity contribution >= 4 is 5.95 Å². The average Bonchev–Trinajstić information content (AvgIpc) is 3.23. The van der Waals surface area contributed by atoms with Crippen LogP contribution in [0.4, 0.5) is 5.95 Å². The first-order valence-corrected chi connectivity index (χ1v) is 8.34. The first-order chi connectivity index (χ1) is 10.3. The summed E-state index contributed by atoms with van der Waals surface area (Å²) in [6, 6.07) is 1.95. The number of anilines is 1. The fourth-order valence-corrected chi connectivity index (χ4v) is 3.60. The number of piperazine rings is 1. The fraction of sp³-hybridized carbons (Fsp3) is 0.750. The number of hydrogen-bond donors (Lipinski definition) is 1. The van der Waals surface area contributed by atoms with Gasteiger partial charge in [-0.3, -0.25) is 4.90 Å². The lowest BCUT2D eigenvalue weighted by atomic mass is 10.1. The van der Waals surface area contributed by atoms with E-state index in [1.165, 1.54) is 37.8 Å².